The van der Waals surface area contributed by atoms with Gasteiger partial charge in [-0.2, -0.15) is 0 Å². The Kier molecular flexibility index (Phi) is 4.59. The summed E-state index contributed by atoms with van der Waals surface area (Å²) in [5.74, 6) is -0.665. The number of nitrogen functional groups attached to an aromatic ring is 1. The molecule has 11 heteroatoms. The summed E-state index contributed by atoms with van der Waals surface area (Å²) in [7, 11) is 0. The second kappa shape index (κ2) is 6.69. The van der Waals surface area contributed by atoms with Gasteiger partial charge in [0.05, 0.1) is 5.70 Å². The zero-order chi connectivity index (χ0) is 18.1. The smallest absolute Gasteiger partial charge is 0.276 e. The average Bonchev–Trinajstić information content (AvgIpc) is 3.04. The van der Waals surface area contributed by atoms with Crippen LogP contribution in [0.1, 0.15) is 5.69 Å². The Labute approximate surface area is 150 Å². The van der Waals surface area contributed by atoms with Crippen molar-refractivity contribution in [3.05, 3.63) is 35.0 Å². The van der Waals surface area contributed by atoms with Gasteiger partial charge in [-0.3, -0.25) is 19.3 Å². The van der Waals surface area contributed by atoms with E-state index in [1.165, 1.54) is 28.1 Å². The lowest BCUT2D eigenvalue weighted by Crippen LogP contribution is -2.70. The maximum absolute atomic E-state index is 12.3. The van der Waals surface area contributed by atoms with Gasteiger partial charge in [-0.25, -0.2) is 4.98 Å². The number of hydrogen-bond acceptors (Lipinski definition) is 9. The van der Waals surface area contributed by atoms with Crippen LogP contribution in [0.25, 0.3) is 0 Å². The average molecular weight is 379 g/mol. The Hall–Kier alpha value is -2.66. The zero-order valence-electron chi connectivity index (χ0n) is 12.7. The standard InChI is InChI=1S/C14H13N5O4S2/c1-2-6-4-24-13-10(12(22)19(13)8(6)3-20)17-11(21)9(18-23)7-5-25-14(15)16-7/h2-3,5,10,13,23H,1,4H2,(H2,15,16)(H,17,21)/b18-9-/t10?,13-/m1/s1. The maximum Gasteiger partial charge on any atom is 0.276 e. The first kappa shape index (κ1) is 17.2. The minimum absolute atomic E-state index is 0.116. The van der Waals surface area contributed by atoms with Crippen molar-refractivity contribution in [3.63, 3.8) is 0 Å². The number of carbonyl (C=O) groups is 3. The number of carbonyl (C=O) groups excluding carboxylic acids is 3. The van der Waals surface area contributed by atoms with Crippen molar-refractivity contribution < 1.29 is 19.6 Å². The molecule has 3 heterocycles. The largest absolute Gasteiger partial charge is 0.410 e. The van der Waals surface area contributed by atoms with Gasteiger partial charge in [0.2, 0.25) is 0 Å². The third kappa shape index (κ3) is 2.81. The van der Waals surface area contributed by atoms with Crippen LogP contribution in [0.4, 0.5) is 5.13 Å². The van der Waals surface area contributed by atoms with E-state index in [-0.39, 0.29) is 22.2 Å². The number of anilines is 1. The fourth-order valence-electron chi connectivity index (χ4n) is 2.54. The number of aldehydes is 1. The highest BCUT2D eigenvalue weighted by atomic mass is 32.2. The molecular formula is C14H13N5O4S2. The lowest BCUT2D eigenvalue weighted by Gasteiger charge is -2.49. The van der Waals surface area contributed by atoms with Gasteiger partial charge in [0, 0.05) is 11.1 Å². The van der Waals surface area contributed by atoms with E-state index < -0.39 is 23.2 Å². The molecule has 1 saturated heterocycles. The number of aromatic nitrogens is 1. The Morgan fingerprint density at radius 1 is 1.60 bits per heavy atom. The highest BCUT2D eigenvalue weighted by Crippen LogP contribution is 2.39. The predicted octanol–water partition coefficient (Wildman–Crippen LogP) is -0.0575. The molecule has 0 saturated carbocycles. The molecular weight excluding hydrogens is 366 g/mol. The van der Waals surface area contributed by atoms with Crippen molar-refractivity contribution in [3.8, 4) is 0 Å². The number of hydrogen-bond donors (Lipinski definition) is 3. The van der Waals surface area contributed by atoms with Crippen LogP contribution >= 0.6 is 23.1 Å². The van der Waals surface area contributed by atoms with Crippen molar-refractivity contribution in [2.75, 3.05) is 11.5 Å². The van der Waals surface area contributed by atoms with Gasteiger partial charge >= 0.3 is 0 Å². The number of rotatable bonds is 5. The molecule has 2 aliphatic rings. The van der Waals surface area contributed by atoms with Crippen LogP contribution in [0.5, 0.6) is 0 Å². The second-order valence-electron chi connectivity index (χ2n) is 5.11. The third-order valence-electron chi connectivity index (χ3n) is 3.77. The van der Waals surface area contributed by atoms with E-state index in [0.29, 0.717) is 17.6 Å². The molecule has 130 valence electrons. The Morgan fingerprint density at radius 2 is 2.36 bits per heavy atom. The topological polar surface area (TPSA) is 138 Å². The van der Waals surface area contributed by atoms with Gasteiger partial charge in [0.25, 0.3) is 11.8 Å². The van der Waals surface area contributed by atoms with Crippen molar-refractivity contribution in [2.45, 2.75) is 11.4 Å². The van der Waals surface area contributed by atoms with Gasteiger partial charge in [-0.1, -0.05) is 17.8 Å². The van der Waals surface area contributed by atoms with Gasteiger partial charge in [0.15, 0.2) is 17.1 Å². The number of β-lactam (4-membered cyclic amide) rings is 1. The maximum atomic E-state index is 12.3. The number of nitrogens with zero attached hydrogens (tertiary/aromatic N) is 3. The van der Waals surface area contributed by atoms with Crippen LogP contribution in [0.3, 0.4) is 0 Å². The Bertz CT molecular complexity index is 831. The van der Waals surface area contributed by atoms with Gasteiger partial charge in [-0.05, 0) is 5.57 Å². The quantitative estimate of drug-likeness (QED) is 0.214. The minimum atomic E-state index is -0.827. The fraction of sp³-hybridized carbons (Fsp3) is 0.214. The monoisotopic (exact) mass is 379 g/mol. The summed E-state index contributed by atoms with van der Waals surface area (Å²) in [5.41, 5.74) is 6.22. The summed E-state index contributed by atoms with van der Waals surface area (Å²) in [4.78, 5) is 41.2. The molecule has 0 spiro atoms. The van der Waals surface area contributed by atoms with E-state index in [4.69, 9.17) is 10.9 Å². The highest BCUT2D eigenvalue weighted by molar-refractivity contribution is 8.00. The fourth-order valence-corrected chi connectivity index (χ4v) is 4.45. The molecule has 9 nitrogen and oxygen atoms in total. The number of thiazole rings is 1. The second-order valence-corrected chi connectivity index (χ2v) is 7.11. The number of fused-ring (bicyclic) bond motifs is 1. The van der Waals surface area contributed by atoms with Crippen LogP contribution in [0.2, 0.25) is 0 Å². The number of amides is 2. The molecule has 2 aliphatic heterocycles. The summed E-state index contributed by atoms with van der Waals surface area (Å²) in [6.45, 7) is 3.63. The molecule has 3 rings (SSSR count). The van der Waals surface area contributed by atoms with Crippen molar-refractivity contribution in [1.29, 1.82) is 0 Å². The van der Waals surface area contributed by atoms with Gasteiger partial charge in [-0.15, -0.1) is 23.1 Å². The van der Waals surface area contributed by atoms with Gasteiger partial charge < -0.3 is 16.3 Å². The van der Waals surface area contributed by atoms with E-state index in [0.717, 1.165) is 11.3 Å². The van der Waals surface area contributed by atoms with Crippen LogP contribution in [0, 0.1) is 0 Å². The van der Waals surface area contributed by atoms with Crippen molar-refractivity contribution >= 4 is 52.0 Å². The summed E-state index contributed by atoms with van der Waals surface area (Å²) in [6.07, 6.45) is 2.15. The minimum Gasteiger partial charge on any atom is -0.410 e. The molecule has 2 amide bonds. The number of allylic oxidation sites excluding steroid dienone is 2. The first-order valence-electron chi connectivity index (χ1n) is 7.01. The first-order chi connectivity index (χ1) is 12.0. The molecule has 4 N–H and O–H groups in total. The zero-order valence-corrected chi connectivity index (χ0v) is 14.3. The third-order valence-corrected chi connectivity index (χ3v) is 5.74. The summed E-state index contributed by atoms with van der Waals surface area (Å²) in [5, 5.41) is 15.8. The molecule has 1 fully saturated rings. The number of oxime groups is 1. The van der Waals surface area contributed by atoms with E-state index in [2.05, 4.69) is 22.0 Å². The van der Waals surface area contributed by atoms with Crippen molar-refractivity contribution in [1.82, 2.24) is 15.2 Å². The number of thioether (sulfide) groups is 1. The lowest BCUT2D eigenvalue weighted by molar-refractivity contribution is -0.145. The number of nitrogens with two attached hydrogens (primary N) is 1. The molecule has 0 bridgehead atoms. The predicted molar refractivity (Wildman–Crippen MR) is 93.2 cm³/mol. The highest BCUT2D eigenvalue weighted by Gasteiger charge is 2.52. The van der Waals surface area contributed by atoms with E-state index in [1.807, 2.05) is 0 Å². The van der Waals surface area contributed by atoms with Crippen LogP contribution in [0.15, 0.2) is 34.5 Å². The summed E-state index contributed by atoms with van der Waals surface area (Å²) in [6, 6.07) is -0.827. The molecule has 1 aromatic rings. The summed E-state index contributed by atoms with van der Waals surface area (Å²) >= 11 is 2.49. The molecule has 25 heavy (non-hydrogen) atoms. The Morgan fingerprint density at radius 3 is 2.92 bits per heavy atom. The van der Waals surface area contributed by atoms with Crippen LogP contribution in [-0.2, 0) is 14.4 Å². The lowest BCUT2D eigenvalue weighted by atomic mass is 10.0. The van der Waals surface area contributed by atoms with Crippen LogP contribution in [-0.4, -0.2) is 56.1 Å². The molecule has 1 unspecified atom stereocenters. The number of nitrogens with one attached hydrogen (secondary N) is 1. The van der Waals surface area contributed by atoms with E-state index >= 15 is 0 Å². The van der Waals surface area contributed by atoms with Crippen molar-refractivity contribution in [2.24, 2.45) is 5.16 Å². The van der Waals surface area contributed by atoms with Crippen LogP contribution < -0.4 is 11.1 Å². The molecule has 0 aromatic carbocycles. The molecule has 0 radical (unpaired) electrons. The summed E-state index contributed by atoms with van der Waals surface area (Å²) < 4.78 is 0. The molecule has 2 atom stereocenters. The van der Waals surface area contributed by atoms with Gasteiger partial charge in [0.1, 0.15) is 17.1 Å². The molecule has 1 aromatic heterocycles. The van der Waals surface area contributed by atoms with E-state index in [9.17, 15) is 14.4 Å². The SMILES string of the molecule is C=CC1=C(C=O)N2C(=O)C(NC(=O)/C(=N\O)c3csc(N)n3)[C@H]2SC1. The first-order valence-corrected chi connectivity index (χ1v) is 8.94. The molecule has 0 aliphatic carbocycles. The van der Waals surface area contributed by atoms with E-state index in [1.54, 1.807) is 0 Å². The normalized spacial score (nSPS) is 23.0. The Balaban J connectivity index is 1.76.